The van der Waals surface area contributed by atoms with Gasteiger partial charge < -0.3 is 9.64 Å². The van der Waals surface area contributed by atoms with Gasteiger partial charge in [-0.2, -0.15) is 0 Å². The van der Waals surface area contributed by atoms with Crippen LogP contribution in [0, 0.1) is 0 Å². The van der Waals surface area contributed by atoms with E-state index in [-0.39, 0.29) is 5.91 Å². The molecule has 1 fully saturated rings. The maximum atomic E-state index is 11.9. The largest absolute Gasteiger partial charge is 0.423 e. The van der Waals surface area contributed by atoms with Gasteiger partial charge in [-0.1, -0.05) is 0 Å². The molecule has 3 rings (SSSR count). The summed E-state index contributed by atoms with van der Waals surface area (Å²) in [5.41, 5.74) is 1.23. The van der Waals surface area contributed by atoms with E-state index < -0.39 is 5.97 Å². The number of pyridine rings is 1. The highest BCUT2D eigenvalue weighted by Crippen LogP contribution is 2.24. The van der Waals surface area contributed by atoms with Crippen LogP contribution in [0.3, 0.4) is 0 Å². The van der Waals surface area contributed by atoms with E-state index in [1.165, 1.54) is 6.20 Å². The van der Waals surface area contributed by atoms with Crippen molar-refractivity contribution in [2.75, 3.05) is 11.4 Å². The smallest absolute Gasteiger partial charge is 0.345 e. The first-order valence-corrected chi connectivity index (χ1v) is 6.77. The molecule has 1 saturated heterocycles. The molecule has 106 valence electrons. The van der Waals surface area contributed by atoms with Crippen LogP contribution in [-0.4, -0.2) is 23.4 Å². The van der Waals surface area contributed by atoms with Gasteiger partial charge in [-0.05, 0) is 42.8 Å². The molecule has 1 amide bonds. The molecule has 1 aliphatic heterocycles. The summed E-state index contributed by atoms with van der Waals surface area (Å²) in [6.07, 6.45) is 4.53. The number of hydrogen-bond donors (Lipinski definition) is 0. The lowest BCUT2D eigenvalue weighted by Crippen LogP contribution is -2.23. The molecule has 0 atom stereocenters. The fourth-order valence-corrected chi connectivity index (χ4v) is 2.26. The van der Waals surface area contributed by atoms with Crippen LogP contribution in [0.25, 0.3) is 0 Å². The van der Waals surface area contributed by atoms with Crippen molar-refractivity contribution in [3.05, 3.63) is 54.4 Å². The zero-order chi connectivity index (χ0) is 14.7. The second kappa shape index (κ2) is 5.75. The monoisotopic (exact) mass is 282 g/mol. The molecule has 21 heavy (non-hydrogen) atoms. The predicted molar refractivity (Wildman–Crippen MR) is 77.2 cm³/mol. The van der Waals surface area contributed by atoms with Gasteiger partial charge in [-0.25, -0.2) is 4.79 Å². The highest BCUT2D eigenvalue weighted by molar-refractivity contribution is 5.95. The number of ether oxygens (including phenoxy) is 1. The minimum absolute atomic E-state index is 0.134. The molecule has 0 bridgehead atoms. The van der Waals surface area contributed by atoms with E-state index in [9.17, 15) is 9.59 Å². The Morgan fingerprint density at radius 1 is 1.19 bits per heavy atom. The van der Waals surface area contributed by atoms with E-state index in [4.69, 9.17) is 4.74 Å². The molecule has 5 nitrogen and oxygen atoms in total. The second-order valence-electron chi connectivity index (χ2n) is 4.77. The highest BCUT2D eigenvalue weighted by atomic mass is 16.5. The third kappa shape index (κ3) is 2.91. The van der Waals surface area contributed by atoms with Gasteiger partial charge in [0.15, 0.2) is 0 Å². The second-order valence-corrected chi connectivity index (χ2v) is 4.77. The van der Waals surface area contributed by atoms with E-state index in [2.05, 4.69) is 4.98 Å². The van der Waals surface area contributed by atoms with Crippen molar-refractivity contribution in [3.63, 3.8) is 0 Å². The Labute approximate surface area is 122 Å². The number of rotatable bonds is 3. The maximum absolute atomic E-state index is 11.9. The van der Waals surface area contributed by atoms with Gasteiger partial charge in [0.1, 0.15) is 5.75 Å². The molecule has 0 spiro atoms. The van der Waals surface area contributed by atoms with E-state index >= 15 is 0 Å². The van der Waals surface area contributed by atoms with Crippen LogP contribution in [0.5, 0.6) is 5.75 Å². The van der Waals surface area contributed by atoms with Crippen LogP contribution < -0.4 is 9.64 Å². The first-order chi connectivity index (χ1) is 10.2. The Bertz CT molecular complexity index is 653. The number of nitrogens with zero attached hydrogens (tertiary/aromatic N) is 2. The van der Waals surface area contributed by atoms with Gasteiger partial charge in [0.05, 0.1) is 5.56 Å². The van der Waals surface area contributed by atoms with Crippen LogP contribution in [0.1, 0.15) is 23.2 Å². The van der Waals surface area contributed by atoms with E-state index in [0.717, 1.165) is 18.7 Å². The topological polar surface area (TPSA) is 59.5 Å². The molecular weight excluding hydrogens is 268 g/mol. The molecule has 1 aliphatic rings. The average Bonchev–Trinajstić information content (AvgIpc) is 2.95. The zero-order valence-electron chi connectivity index (χ0n) is 11.4. The summed E-state index contributed by atoms with van der Waals surface area (Å²) in [7, 11) is 0. The molecule has 2 aromatic rings. The number of esters is 1. The van der Waals surface area contributed by atoms with Crippen LogP contribution in [-0.2, 0) is 4.79 Å². The molecule has 0 N–H and O–H groups in total. The first kappa shape index (κ1) is 13.3. The van der Waals surface area contributed by atoms with Gasteiger partial charge >= 0.3 is 5.97 Å². The molecular formula is C16H14N2O3. The van der Waals surface area contributed by atoms with Crippen molar-refractivity contribution in [1.82, 2.24) is 4.98 Å². The van der Waals surface area contributed by atoms with Crippen molar-refractivity contribution in [2.45, 2.75) is 12.8 Å². The molecule has 1 aromatic carbocycles. The number of carbonyl (C=O) groups is 2. The van der Waals surface area contributed by atoms with E-state index in [1.54, 1.807) is 47.5 Å². The van der Waals surface area contributed by atoms with Crippen molar-refractivity contribution >= 4 is 17.6 Å². The SMILES string of the molecule is O=C(Oc1ccc(N2CCCC2=O)cc1)c1cccnc1. The lowest BCUT2D eigenvalue weighted by atomic mass is 10.2. The third-order valence-electron chi connectivity index (χ3n) is 3.33. The van der Waals surface area contributed by atoms with Gasteiger partial charge in [-0.15, -0.1) is 0 Å². The summed E-state index contributed by atoms with van der Waals surface area (Å²) in [6.45, 7) is 0.744. The third-order valence-corrected chi connectivity index (χ3v) is 3.33. The van der Waals surface area contributed by atoms with Crippen molar-refractivity contribution in [1.29, 1.82) is 0 Å². The van der Waals surface area contributed by atoms with Crippen LogP contribution in [0.2, 0.25) is 0 Å². The van der Waals surface area contributed by atoms with Crippen molar-refractivity contribution in [2.24, 2.45) is 0 Å². The Morgan fingerprint density at radius 2 is 2.00 bits per heavy atom. The standard InChI is InChI=1S/C16H14N2O3/c19-15-4-2-10-18(15)13-5-7-14(8-6-13)21-16(20)12-3-1-9-17-11-12/h1,3,5-9,11H,2,4,10H2. The number of benzene rings is 1. The lowest BCUT2D eigenvalue weighted by molar-refractivity contribution is -0.117. The fraction of sp³-hybridized carbons (Fsp3) is 0.188. The fourth-order valence-electron chi connectivity index (χ4n) is 2.26. The van der Waals surface area contributed by atoms with Crippen LogP contribution >= 0.6 is 0 Å². The van der Waals surface area contributed by atoms with Crippen LogP contribution in [0.15, 0.2) is 48.8 Å². The first-order valence-electron chi connectivity index (χ1n) is 6.77. The number of carbonyl (C=O) groups excluding carboxylic acids is 2. The van der Waals surface area contributed by atoms with E-state index in [1.807, 2.05) is 0 Å². The molecule has 5 heteroatoms. The number of anilines is 1. The summed E-state index contributed by atoms with van der Waals surface area (Å²) in [6, 6.07) is 10.3. The minimum atomic E-state index is -0.451. The molecule has 0 radical (unpaired) electrons. The summed E-state index contributed by atoms with van der Waals surface area (Å²) in [5, 5.41) is 0. The van der Waals surface area contributed by atoms with Crippen molar-refractivity contribution in [3.8, 4) is 5.75 Å². The highest BCUT2D eigenvalue weighted by Gasteiger charge is 2.21. The number of aromatic nitrogens is 1. The summed E-state index contributed by atoms with van der Waals surface area (Å²) in [4.78, 5) is 29.2. The normalized spacial score (nSPS) is 14.3. The van der Waals surface area contributed by atoms with Crippen LogP contribution in [0.4, 0.5) is 5.69 Å². The van der Waals surface area contributed by atoms with Crippen molar-refractivity contribution < 1.29 is 14.3 Å². The quantitative estimate of drug-likeness (QED) is 0.641. The predicted octanol–water partition coefficient (Wildman–Crippen LogP) is 2.43. The van der Waals surface area contributed by atoms with E-state index in [0.29, 0.717) is 17.7 Å². The average molecular weight is 282 g/mol. The maximum Gasteiger partial charge on any atom is 0.345 e. The zero-order valence-corrected chi connectivity index (χ0v) is 11.4. The summed E-state index contributed by atoms with van der Waals surface area (Å²) in [5.74, 6) is 0.127. The number of hydrogen-bond acceptors (Lipinski definition) is 4. The van der Waals surface area contributed by atoms with Gasteiger partial charge in [0.25, 0.3) is 0 Å². The molecule has 0 aliphatic carbocycles. The Morgan fingerprint density at radius 3 is 2.62 bits per heavy atom. The lowest BCUT2D eigenvalue weighted by Gasteiger charge is -2.15. The Balaban J connectivity index is 1.70. The van der Waals surface area contributed by atoms with Gasteiger partial charge in [0, 0.05) is 31.0 Å². The molecule has 2 heterocycles. The van der Waals surface area contributed by atoms with Gasteiger partial charge in [0.2, 0.25) is 5.91 Å². The number of amides is 1. The minimum Gasteiger partial charge on any atom is -0.423 e. The molecule has 1 aromatic heterocycles. The van der Waals surface area contributed by atoms with Gasteiger partial charge in [-0.3, -0.25) is 9.78 Å². The molecule has 0 unspecified atom stereocenters. The Hall–Kier alpha value is -2.69. The Kier molecular flexibility index (Phi) is 3.64. The molecule has 0 saturated carbocycles. The summed E-state index contributed by atoms with van der Waals surface area (Å²) < 4.78 is 5.26. The summed E-state index contributed by atoms with van der Waals surface area (Å²) >= 11 is 0.